The molecule has 158 valence electrons. The normalized spacial score (nSPS) is 12.6. The summed E-state index contributed by atoms with van der Waals surface area (Å²) in [6, 6.07) is 0. The molecule has 0 aromatic carbocycles. The molecule has 3 heteroatoms. The second kappa shape index (κ2) is 22.9. The van der Waals surface area contributed by atoms with Gasteiger partial charge in [0.2, 0.25) is 0 Å². The highest BCUT2D eigenvalue weighted by molar-refractivity contribution is 4.50. The smallest absolute Gasteiger partial charge is 0.154 e. The van der Waals surface area contributed by atoms with Gasteiger partial charge in [-0.2, -0.15) is 0 Å². The quantitative estimate of drug-likeness (QED) is 0.148. The van der Waals surface area contributed by atoms with E-state index in [-0.39, 0.29) is 6.29 Å². The van der Waals surface area contributed by atoms with Gasteiger partial charge in [0.05, 0.1) is 13.2 Å². The zero-order chi connectivity index (χ0) is 19.1. The first-order chi connectivity index (χ1) is 12.8. The Morgan fingerprint density at radius 1 is 0.500 bits per heavy atom. The average Bonchev–Trinajstić information content (AvgIpc) is 2.64. The van der Waals surface area contributed by atoms with Gasteiger partial charge in [-0.1, -0.05) is 103 Å². The molecule has 0 radical (unpaired) electrons. The molecule has 3 nitrogen and oxygen atoms in total. The molecule has 0 saturated heterocycles. The molecule has 0 heterocycles. The summed E-state index contributed by atoms with van der Waals surface area (Å²) in [4.78, 5) is 0. The number of ether oxygens (including phenoxy) is 3. The molecule has 0 aliphatic heterocycles. The van der Waals surface area contributed by atoms with Crippen molar-refractivity contribution in [3.8, 4) is 0 Å². The van der Waals surface area contributed by atoms with Crippen LogP contribution >= 0.6 is 0 Å². The van der Waals surface area contributed by atoms with Crippen molar-refractivity contribution >= 4 is 0 Å². The Kier molecular flexibility index (Phi) is 22.8. The number of rotatable bonds is 22. The van der Waals surface area contributed by atoms with Crippen LogP contribution < -0.4 is 0 Å². The number of hydrogen-bond donors (Lipinski definition) is 0. The maximum atomic E-state index is 5.63. The molecule has 0 aromatic heterocycles. The summed E-state index contributed by atoms with van der Waals surface area (Å²) in [5, 5.41) is 0. The van der Waals surface area contributed by atoms with Crippen molar-refractivity contribution in [3.05, 3.63) is 0 Å². The largest absolute Gasteiger partial charge is 0.382 e. The van der Waals surface area contributed by atoms with Crippen molar-refractivity contribution in [2.45, 2.75) is 123 Å². The molecular weight excluding hydrogens is 324 g/mol. The van der Waals surface area contributed by atoms with E-state index in [1.54, 1.807) is 7.11 Å². The maximum Gasteiger partial charge on any atom is 0.154 e. The lowest BCUT2D eigenvalue weighted by Gasteiger charge is -2.13. The molecule has 0 aliphatic rings. The molecule has 0 aliphatic carbocycles. The standard InChI is InChI=1S/C23H48O3/c1-4-5-6-7-8-9-10-11-12-13-14-15-16-17-18-19-20-25-23(2)26-22-21-24-3/h23H,4-22H2,1-3H3. The Morgan fingerprint density at radius 2 is 0.885 bits per heavy atom. The molecule has 26 heavy (non-hydrogen) atoms. The van der Waals surface area contributed by atoms with Crippen LogP contribution in [0.25, 0.3) is 0 Å². The van der Waals surface area contributed by atoms with Crippen molar-refractivity contribution in [3.63, 3.8) is 0 Å². The van der Waals surface area contributed by atoms with Gasteiger partial charge in [-0.3, -0.25) is 0 Å². The van der Waals surface area contributed by atoms with Gasteiger partial charge in [-0.15, -0.1) is 0 Å². The van der Waals surface area contributed by atoms with Crippen molar-refractivity contribution in [2.24, 2.45) is 0 Å². The Hall–Kier alpha value is -0.120. The predicted octanol–water partition coefficient (Wildman–Crippen LogP) is 7.27. The summed E-state index contributed by atoms with van der Waals surface area (Å²) >= 11 is 0. The Bertz CT molecular complexity index is 246. The Labute approximate surface area is 164 Å². The van der Waals surface area contributed by atoms with E-state index >= 15 is 0 Å². The van der Waals surface area contributed by atoms with Gasteiger partial charge >= 0.3 is 0 Å². The zero-order valence-electron chi connectivity index (χ0n) is 18.2. The minimum Gasteiger partial charge on any atom is -0.382 e. The fraction of sp³-hybridized carbons (Fsp3) is 1.00. The third-order valence-corrected chi connectivity index (χ3v) is 4.99. The highest BCUT2D eigenvalue weighted by Crippen LogP contribution is 2.13. The molecule has 0 amide bonds. The first kappa shape index (κ1) is 25.9. The predicted molar refractivity (Wildman–Crippen MR) is 113 cm³/mol. The minimum absolute atomic E-state index is 0.110. The van der Waals surface area contributed by atoms with Gasteiger partial charge in [0, 0.05) is 13.7 Å². The molecule has 0 N–H and O–H groups in total. The van der Waals surface area contributed by atoms with E-state index in [0.29, 0.717) is 13.2 Å². The molecule has 0 bridgehead atoms. The molecule has 1 unspecified atom stereocenters. The lowest BCUT2D eigenvalue weighted by molar-refractivity contribution is -0.138. The Morgan fingerprint density at radius 3 is 1.31 bits per heavy atom. The van der Waals surface area contributed by atoms with E-state index in [1.807, 2.05) is 6.92 Å². The minimum atomic E-state index is -0.110. The summed E-state index contributed by atoms with van der Waals surface area (Å²) in [5.41, 5.74) is 0. The maximum absolute atomic E-state index is 5.63. The number of unbranched alkanes of at least 4 members (excludes halogenated alkanes) is 15. The van der Waals surface area contributed by atoms with E-state index in [1.165, 1.54) is 96.3 Å². The van der Waals surface area contributed by atoms with Gasteiger partial charge in [-0.25, -0.2) is 0 Å². The summed E-state index contributed by atoms with van der Waals surface area (Å²) in [6.45, 7) is 6.30. The zero-order valence-corrected chi connectivity index (χ0v) is 18.2. The van der Waals surface area contributed by atoms with Crippen LogP contribution in [0.1, 0.15) is 117 Å². The van der Waals surface area contributed by atoms with E-state index in [9.17, 15) is 0 Å². The fourth-order valence-corrected chi connectivity index (χ4v) is 3.24. The lowest BCUT2D eigenvalue weighted by atomic mass is 10.0. The summed E-state index contributed by atoms with van der Waals surface area (Å²) in [5.74, 6) is 0. The third kappa shape index (κ3) is 21.9. The van der Waals surface area contributed by atoms with Crippen molar-refractivity contribution < 1.29 is 14.2 Å². The number of hydrogen-bond acceptors (Lipinski definition) is 3. The van der Waals surface area contributed by atoms with Crippen LogP contribution in [0.4, 0.5) is 0 Å². The van der Waals surface area contributed by atoms with Crippen molar-refractivity contribution in [1.82, 2.24) is 0 Å². The van der Waals surface area contributed by atoms with E-state index in [2.05, 4.69) is 6.92 Å². The molecule has 0 fully saturated rings. The summed E-state index contributed by atoms with van der Waals surface area (Å²) in [7, 11) is 1.69. The second-order valence-electron chi connectivity index (χ2n) is 7.61. The summed E-state index contributed by atoms with van der Waals surface area (Å²) in [6.07, 6.45) is 22.3. The average molecular weight is 373 g/mol. The molecular formula is C23H48O3. The van der Waals surface area contributed by atoms with Gasteiger partial charge < -0.3 is 14.2 Å². The highest BCUT2D eigenvalue weighted by Gasteiger charge is 2.01. The van der Waals surface area contributed by atoms with E-state index in [0.717, 1.165) is 13.0 Å². The van der Waals surface area contributed by atoms with Crippen LogP contribution in [-0.2, 0) is 14.2 Å². The van der Waals surface area contributed by atoms with Crippen molar-refractivity contribution in [1.29, 1.82) is 0 Å². The first-order valence-corrected chi connectivity index (χ1v) is 11.5. The van der Waals surface area contributed by atoms with Crippen LogP contribution in [0.5, 0.6) is 0 Å². The Balaban J connectivity index is 3.05. The fourth-order valence-electron chi connectivity index (χ4n) is 3.24. The van der Waals surface area contributed by atoms with Gasteiger partial charge in [0.15, 0.2) is 6.29 Å². The van der Waals surface area contributed by atoms with Crippen LogP contribution in [0.3, 0.4) is 0 Å². The first-order valence-electron chi connectivity index (χ1n) is 11.5. The second-order valence-corrected chi connectivity index (χ2v) is 7.61. The van der Waals surface area contributed by atoms with Crippen LogP contribution in [0, 0.1) is 0 Å². The van der Waals surface area contributed by atoms with Crippen LogP contribution in [-0.4, -0.2) is 33.2 Å². The molecule has 0 saturated carbocycles. The molecule has 1 atom stereocenters. The highest BCUT2D eigenvalue weighted by atomic mass is 16.7. The molecule has 0 aromatic rings. The van der Waals surface area contributed by atoms with E-state index in [4.69, 9.17) is 14.2 Å². The molecule has 0 rings (SSSR count). The summed E-state index contributed by atoms with van der Waals surface area (Å²) < 4.78 is 16.0. The van der Waals surface area contributed by atoms with Crippen molar-refractivity contribution in [2.75, 3.05) is 26.9 Å². The van der Waals surface area contributed by atoms with E-state index < -0.39 is 0 Å². The van der Waals surface area contributed by atoms with Crippen LogP contribution in [0.15, 0.2) is 0 Å². The third-order valence-electron chi connectivity index (χ3n) is 4.99. The SMILES string of the molecule is CCCCCCCCCCCCCCCCCCOC(C)OCCOC. The molecule has 0 spiro atoms. The number of methoxy groups -OCH3 is 1. The monoisotopic (exact) mass is 372 g/mol. The van der Waals surface area contributed by atoms with Gasteiger partial charge in [0.25, 0.3) is 0 Å². The topological polar surface area (TPSA) is 27.7 Å². The van der Waals surface area contributed by atoms with Crippen LogP contribution in [0.2, 0.25) is 0 Å². The lowest BCUT2D eigenvalue weighted by Crippen LogP contribution is -2.16. The van der Waals surface area contributed by atoms with Gasteiger partial charge in [0.1, 0.15) is 0 Å². The van der Waals surface area contributed by atoms with Gasteiger partial charge in [-0.05, 0) is 13.3 Å².